The van der Waals surface area contributed by atoms with Crippen molar-refractivity contribution in [2.75, 3.05) is 5.73 Å². The molecule has 3 nitrogen and oxygen atoms in total. The summed E-state index contributed by atoms with van der Waals surface area (Å²) in [6.07, 6.45) is -2.82. The predicted octanol–water partition coefficient (Wildman–Crippen LogP) is 3.90. The lowest BCUT2D eigenvalue weighted by Gasteiger charge is -2.09. The molecule has 0 fully saturated rings. The molecule has 2 N–H and O–H groups in total. The summed E-state index contributed by atoms with van der Waals surface area (Å²) < 4.78 is 38.3. The minimum atomic E-state index is -4.38. The van der Waals surface area contributed by atoms with Crippen LogP contribution in [0.3, 0.4) is 0 Å². The lowest BCUT2D eigenvalue weighted by Crippen LogP contribution is -2.04. The number of nitrogens with two attached hydrogens (primary N) is 1. The summed E-state index contributed by atoms with van der Waals surface area (Å²) in [4.78, 5) is 8.25. The van der Waals surface area contributed by atoms with Crippen LogP contribution in [-0.4, -0.2) is 9.97 Å². The number of anilines is 1. The molecule has 106 valence electrons. The molecule has 1 aromatic carbocycles. The molecule has 0 saturated carbocycles. The first-order valence-corrected chi connectivity index (χ1v) is 6.14. The molecule has 2 aromatic heterocycles. The first-order chi connectivity index (χ1) is 9.95. The van der Waals surface area contributed by atoms with Crippen molar-refractivity contribution < 1.29 is 13.2 Å². The van der Waals surface area contributed by atoms with E-state index in [1.165, 1.54) is 6.07 Å². The van der Waals surface area contributed by atoms with Gasteiger partial charge in [0.05, 0.1) is 11.3 Å². The number of aromatic nitrogens is 2. The number of pyridine rings is 2. The largest absolute Gasteiger partial charge is 0.416 e. The normalized spacial score (nSPS) is 11.8. The third kappa shape index (κ3) is 2.52. The number of alkyl halides is 3. The van der Waals surface area contributed by atoms with Gasteiger partial charge >= 0.3 is 6.18 Å². The van der Waals surface area contributed by atoms with Crippen molar-refractivity contribution in [2.45, 2.75) is 6.18 Å². The Morgan fingerprint density at radius 1 is 1.00 bits per heavy atom. The van der Waals surface area contributed by atoms with Gasteiger partial charge in [-0.2, -0.15) is 13.2 Å². The first kappa shape index (κ1) is 13.4. The maximum absolute atomic E-state index is 12.8. The van der Waals surface area contributed by atoms with Gasteiger partial charge in [-0.25, -0.2) is 9.97 Å². The van der Waals surface area contributed by atoms with Crippen molar-refractivity contribution in [2.24, 2.45) is 0 Å². The molecular weight excluding hydrogens is 279 g/mol. The van der Waals surface area contributed by atoms with E-state index in [0.717, 1.165) is 17.5 Å². The van der Waals surface area contributed by atoms with Crippen LogP contribution in [-0.2, 0) is 6.18 Å². The topological polar surface area (TPSA) is 51.8 Å². The Morgan fingerprint density at radius 2 is 1.81 bits per heavy atom. The molecular formula is C15H10F3N3. The number of benzene rings is 1. The second kappa shape index (κ2) is 4.73. The van der Waals surface area contributed by atoms with Crippen molar-refractivity contribution in [3.8, 4) is 11.3 Å². The van der Waals surface area contributed by atoms with E-state index >= 15 is 0 Å². The molecule has 0 aliphatic rings. The van der Waals surface area contributed by atoms with Crippen molar-refractivity contribution in [3.05, 3.63) is 54.2 Å². The van der Waals surface area contributed by atoms with Gasteiger partial charge in [0.1, 0.15) is 11.3 Å². The molecule has 21 heavy (non-hydrogen) atoms. The zero-order valence-electron chi connectivity index (χ0n) is 10.7. The number of hydrogen-bond donors (Lipinski definition) is 1. The van der Waals surface area contributed by atoms with Crippen LogP contribution in [0, 0.1) is 0 Å². The Morgan fingerprint density at radius 3 is 2.57 bits per heavy atom. The number of fused-ring (bicyclic) bond motifs is 1. The average Bonchev–Trinajstić information content (AvgIpc) is 2.47. The highest BCUT2D eigenvalue weighted by molar-refractivity contribution is 5.88. The molecule has 0 amide bonds. The fourth-order valence-electron chi connectivity index (χ4n) is 2.08. The van der Waals surface area contributed by atoms with Gasteiger partial charge in [0.2, 0.25) is 0 Å². The number of hydrogen-bond acceptors (Lipinski definition) is 3. The average molecular weight is 289 g/mol. The second-order valence-electron chi connectivity index (χ2n) is 4.54. The van der Waals surface area contributed by atoms with Gasteiger partial charge in [0.25, 0.3) is 0 Å². The van der Waals surface area contributed by atoms with Gasteiger partial charge in [0, 0.05) is 17.1 Å². The molecule has 0 aliphatic carbocycles. The summed E-state index contributed by atoms with van der Waals surface area (Å²) in [5.41, 5.74) is 6.33. The van der Waals surface area contributed by atoms with Crippen LogP contribution < -0.4 is 5.73 Å². The molecule has 0 aliphatic heterocycles. The van der Waals surface area contributed by atoms with E-state index in [-0.39, 0.29) is 5.82 Å². The van der Waals surface area contributed by atoms with E-state index in [4.69, 9.17) is 5.73 Å². The van der Waals surface area contributed by atoms with Crippen LogP contribution in [0.2, 0.25) is 0 Å². The Labute approximate surface area is 118 Å². The van der Waals surface area contributed by atoms with Gasteiger partial charge in [0.15, 0.2) is 0 Å². The van der Waals surface area contributed by atoms with Crippen LogP contribution in [0.5, 0.6) is 0 Å². The number of nitrogen functional groups attached to an aromatic ring is 1. The lowest BCUT2D eigenvalue weighted by molar-refractivity contribution is -0.137. The molecule has 0 radical (unpaired) electrons. The lowest BCUT2D eigenvalue weighted by atomic mass is 10.1. The Hall–Kier alpha value is -2.63. The number of rotatable bonds is 1. The van der Waals surface area contributed by atoms with Gasteiger partial charge < -0.3 is 5.73 Å². The maximum Gasteiger partial charge on any atom is 0.416 e. The molecule has 0 atom stereocenters. The Kier molecular flexibility index (Phi) is 3.01. The van der Waals surface area contributed by atoms with Crippen molar-refractivity contribution in [1.29, 1.82) is 0 Å². The van der Waals surface area contributed by atoms with Crippen LogP contribution in [0.25, 0.3) is 22.2 Å². The van der Waals surface area contributed by atoms with Crippen molar-refractivity contribution in [3.63, 3.8) is 0 Å². The van der Waals surface area contributed by atoms with Gasteiger partial charge in [-0.05, 0) is 24.3 Å². The van der Waals surface area contributed by atoms with Crippen molar-refractivity contribution >= 4 is 16.7 Å². The molecule has 0 saturated heterocycles. The summed E-state index contributed by atoms with van der Waals surface area (Å²) in [7, 11) is 0. The van der Waals surface area contributed by atoms with Gasteiger partial charge in [-0.15, -0.1) is 0 Å². The summed E-state index contributed by atoms with van der Waals surface area (Å²) in [5.74, 6) is 0.251. The third-order valence-electron chi connectivity index (χ3n) is 3.12. The van der Waals surface area contributed by atoms with Crippen LogP contribution in [0.1, 0.15) is 5.56 Å². The molecule has 6 heteroatoms. The molecule has 0 unspecified atom stereocenters. The summed E-state index contributed by atoms with van der Waals surface area (Å²) >= 11 is 0. The van der Waals surface area contributed by atoms with E-state index < -0.39 is 11.7 Å². The maximum atomic E-state index is 12.8. The highest BCUT2D eigenvalue weighted by atomic mass is 19.4. The molecule has 2 heterocycles. The molecule has 0 spiro atoms. The Balaban J connectivity index is 2.15. The van der Waals surface area contributed by atoms with E-state index in [1.807, 2.05) is 0 Å². The quantitative estimate of drug-likeness (QED) is 0.739. The summed E-state index contributed by atoms with van der Waals surface area (Å²) in [6, 6.07) is 10.2. The highest BCUT2D eigenvalue weighted by Crippen LogP contribution is 2.32. The summed E-state index contributed by atoms with van der Waals surface area (Å²) in [6.45, 7) is 0. The standard InChI is InChI=1S/C15H10F3N3/c16-15(17,18)11-3-1-2-10(8-11)12-5-4-9-6-7-20-14(19)13(9)21-12/h1-8H,(H2,19,20). The van der Waals surface area contributed by atoms with E-state index in [0.29, 0.717) is 16.8 Å². The van der Waals surface area contributed by atoms with E-state index in [9.17, 15) is 13.2 Å². The van der Waals surface area contributed by atoms with Crippen LogP contribution >= 0.6 is 0 Å². The zero-order chi connectivity index (χ0) is 15.0. The fraction of sp³-hybridized carbons (Fsp3) is 0.0667. The molecule has 0 bridgehead atoms. The molecule has 3 aromatic rings. The smallest absolute Gasteiger partial charge is 0.382 e. The van der Waals surface area contributed by atoms with Crippen molar-refractivity contribution in [1.82, 2.24) is 9.97 Å². The van der Waals surface area contributed by atoms with Crippen LogP contribution in [0.4, 0.5) is 19.0 Å². The number of halogens is 3. The SMILES string of the molecule is Nc1nccc2ccc(-c3cccc(C(F)(F)F)c3)nc12. The monoisotopic (exact) mass is 289 g/mol. The predicted molar refractivity (Wildman–Crippen MR) is 74.4 cm³/mol. The minimum Gasteiger partial charge on any atom is -0.382 e. The third-order valence-corrected chi connectivity index (χ3v) is 3.12. The minimum absolute atomic E-state index is 0.251. The molecule has 3 rings (SSSR count). The summed E-state index contributed by atoms with van der Waals surface area (Å²) in [5, 5.41) is 0.790. The highest BCUT2D eigenvalue weighted by Gasteiger charge is 2.30. The Bertz CT molecular complexity index is 813. The van der Waals surface area contributed by atoms with Gasteiger partial charge in [-0.1, -0.05) is 18.2 Å². The first-order valence-electron chi connectivity index (χ1n) is 6.14. The number of nitrogens with zero attached hydrogens (tertiary/aromatic N) is 2. The fourth-order valence-corrected chi connectivity index (χ4v) is 2.08. The zero-order valence-corrected chi connectivity index (χ0v) is 10.7. The van der Waals surface area contributed by atoms with Crippen LogP contribution in [0.15, 0.2) is 48.7 Å². The van der Waals surface area contributed by atoms with Gasteiger partial charge in [-0.3, -0.25) is 0 Å². The van der Waals surface area contributed by atoms with E-state index in [2.05, 4.69) is 9.97 Å². The van der Waals surface area contributed by atoms with E-state index in [1.54, 1.807) is 30.5 Å². The second-order valence-corrected chi connectivity index (χ2v) is 4.54.